The lowest BCUT2D eigenvalue weighted by Gasteiger charge is -2.30. The van der Waals surface area contributed by atoms with Gasteiger partial charge in [0.15, 0.2) is 0 Å². The van der Waals surface area contributed by atoms with E-state index < -0.39 is 0 Å². The first kappa shape index (κ1) is 8.78. The Hall–Kier alpha value is 0.200. The van der Waals surface area contributed by atoms with E-state index in [9.17, 15) is 4.79 Å². The molecular weight excluding hydrogens is 265 g/mol. The number of amides is 1. The topological polar surface area (TPSA) is 20.3 Å². The van der Waals surface area contributed by atoms with Gasteiger partial charge in [-0.15, -0.1) is 0 Å². The predicted octanol–water partition coefficient (Wildman–Crippen LogP) is 1.82. The van der Waals surface area contributed by atoms with Crippen molar-refractivity contribution in [2.24, 2.45) is 5.92 Å². The quantitative estimate of drug-likeness (QED) is 0.529. The highest BCUT2D eigenvalue weighted by Gasteiger charge is 2.34. The normalized spacial score (nSPS) is 30.4. The maximum absolute atomic E-state index is 11.6. The van der Waals surface area contributed by atoms with E-state index in [-0.39, 0.29) is 0 Å². The molecule has 2 nitrogen and oxygen atoms in total. The second-order valence-corrected chi connectivity index (χ2v) is 5.56. The van der Waals surface area contributed by atoms with Gasteiger partial charge in [-0.2, -0.15) is 0 Å². The number of piperidine rings is 1. The molecule has 0 aromatic rings. The summed E-state index contributed by atoms with van der Waals surface area (Å²) in [5.41, 5.74) is 0. The highest BCUT2D eigenvalue weighted by atomic mass is 127. The van der Waals surface area contributed by atoms with E-state index in [1.807, 2.05) is 0 Å². The second-order valence-electron chi connectivity index (χ2n) is 3.80. The van der Waals surface area contributed by atoms with Crippen molar-refractivity contribution in [3.63, 3.8) is 0 Å². The lowest BCUT2D eigenvalue weighted by atomic mass is 10.1. The van der Waals surface area contributed by atoms with Crippen LogP contribution in [0, 0.1) is 5.92 Å². The van der Waals surface area contributed by atoms with Crippen LogP contribution in [0.15, 0.2) is 0 Å². The van der Waals surface area contributed by atoms with Gasteiger partial charge >= 0.3 is 0 Å². The molecule has 1 saturated carbocycles. The maximum Gasteiger partial charge on any atom is 0.225 e. The van der Waals surface area contributed by atoms with Gasteiger partial charge < -0.3 is 4.90 Å². The Morgan fingerprint density at radius 2 is 2.08 bits per heavy atom. The van der Waals surface area contributed by atoms with Gasteiger partial charge in [0.05, 0.1) is 0 Å². The molecule has 0 aromatic carbocycles. The molecule has 0 spiro atoms. The van der Waals surface area contributed by atoms with Gasteiger partial charge in [-0.3, -0.25) is 4.79 Å². The molecule has 2 rings (SSSR count). The molecule has 0 N–H and O–H groups in total. The zero-order chi connectivity index (χ0) is 8.55. The molecule has 0 bridgehead atoms. The zero-order valence-corrected chi connectivity index (χ0v) is 9.29. The van der Waals surface area contributed by atoms with E-state index in [1.165, 1.54) is 12.8 Å². The molecule has 1 heterocycles. The van der Waals surface area contributed by atoms with E-state index >= 15 is 0 Å². The Bertz CT molecular complexity index is 191. The van der Waals surface area contributed by atoms with E-state index in [4.69, 9.17) is 0 Å². The van der Waals surface area contributed by atoms with Crippen LogP contribution in [0.5, 0.6) is 0 Å². The number of halogens is 1. The highest BCUT2D eigenvalue weighted by Crippen LogP contribution is 2.32. The molecule has 12 heavy (non-hydrogen) atoms. The third-order valence-corrected chi connectivity index (χ3v) is 3.62. The summed E-state index contributed by atoms with van der Waals surface area (Å²) >= 11 is 2.46. The van der Waals surface area contributed by atoms with Crippen molar-refractivity contribution < 1.29 is 4.79 Å². The second kappa shape index (κ2) is 3.52. The van der Waals surface area contributed by atoms with Crippen LogP contribution in [0.3, 0.4) is 0 Å². The summed E-state index contributed by atoms with van der Waals surface area (Å²) < 4.78 is 0.694. The summed E-state index contributed by atoms with van der Waals surface area (Å²) in [5.74, 6) is 0.836. The first-order valence-electron chi connectivity index (χ1n) is 4.70. The Kier molecular flexibility index (Phi) is 2.57. The van der Waals surface area contributed by atoms with Crippen LogP contribution < -0.4 is 0 Å². The minimum absolute atomic E-state index is 0.409. The molecule has 0 aromatic heterocycles. The fourth-order valence-electron chi connectivity index (χ4n) is 1.71. The van der Waals surface area contributed by atoms with Crippen LogP contribution in [-0.2, 0) is 4.79 Å². The molecule has 3 heteroatoms. The van der Waals surface area contributed by atoms with Crippen molar-refractivity contribution in [3.8, 4) is 0 Å². The summed E-state index contributed by atoms with van der Waals surface area (Å²) in [4.78, 5) is 13.7. The molecule has 0 unspecified atom stereocenters. The van der Waals surface area contributed by atoms with Crippen LogP contribution in [0.1, 0.15) is 25.7 Å². The maximum atomic E-state index is 11.6. The Balaban J connectivity index is 1.89. The van der Waals surface area contributed by atoms with E-state index in [1.54, 1.807) is 0 Å². The van der Waals surface area contributed by atoms with Gasteiger partial charge in [0.1, 0.15) is 0 Å². The van der Waals surface area contributed by atoms with Gasteiger partial charge in [-0.05, 0) is 25.7 Å². The molecular formula is C9H14INO. The number of rotatable bonds is 1. The largest absolute Gasteiger partial charge is 0.341 e. The zero-order valence-electron chi connectivity index (χ0n) is 7.13. The third kappa shape index (κ3) is 1.92. The molecule has 2 aliphatic rings. The minimum Gasteiger partial charge on any atom is -0.341 e. The van der Waals surface area contributed by atoms with Crippen molar-refractivity contribution in [1.29, 1.82) is 0 Å². The minimum atomic E-state index is 0.409. The number of carbonyl (C=O) groups is 1. The lowest BCUT2D eigenvalue weighted by molar-refractivity contribution is -0.133. The van der Waals surface area contributed by atoms with Crippen molar-refractivity contribution in [3.05, 3.63) is 0 Å². The summed E-state index contributed by atoms with van der Waals surface area (Å²) in [6.07, 6.45) is 4.77. The predicted molar refractivity (Wildman–Crippen MR) is 56.3 cm³/mol. The SMILES string of the molecule is O=C(C1CC1)N1CCC[C@@H](I)C1. The molecule has 1 saturated heterocycles. The fourth-order valence-corrected chi connectivity index (χ4v) is 2.63. The lowest BCUT2D eigenvalue weighted by Crippen LogP contribution is -2.40. The first-order valence-corrected chi connectivity index (χ1v) is 5.95. The van der Waals surface area contributed by atoms with Crippen molar-refractivity contribution in [1.82, 2.24) is 4.90 Å². The Morgan fingerprint density at radius 1 is 1.33 bits per heavy atom. The van der Waals surface area contributed by atoms with Gasteiger partial charge in [0.2, 0.25) is 5.91 Å². The van der Waals surface area contributed by atoms with Gasteiger partial charge in [0.25, 0.3) is 0 Å². The van der Waals surface area contributed by atoms with Gasteiger partial charge in [0, 0.05) is 22.9 Å². The Morgan fingerprint density at radius 3 is 2.67 bits per heavy atom. The number of carbonyl (C=O) groups excluding carboxylic acids is 1. The average molecular weight is 279 g/mol. The monoisotopic (exact) mass is 279 g/mol. The van der Waals surface area contributed by atoms with Gasteiger partial charge in [-0.25, -0.2) is 0 Å². The highest BCUT2D eigenvalue weighted by molar-refractivity contribution is 14.1. The number of likely N-dealkylation sites (tertiary alicyclic amines) is 1. The number of hydrogen-bond acceptors (Lipinski definition) is 1. The molecule has 0 radical (unpaired) electrons. The van der Waals surface area contributed by atoms with E-state index in [0.717, 1.165) is 25.9 Å². The molecule has 1 aliphatic carbocycles. The molecule has 2 fully saturated rings. The summed E-state index contributed by atoms with van der Waals surface area (Å²) in [6.45, 7) is 2.00. The molecule has 1 aliphatic heterocycles. The number of nitrogens with zero attached hydrogens (tertiary/aromatic N) is 1. The first-order chi connectivity index (χ1) is 5.77. The summed E-state index contributed by atoms with van der Waals surface area (Å²) in [6, 6.07) is 0. The smallest absolute Gasteiger partial charge is 0.225 e. The molecule has 1 amide bonds. The number of hydrogen-bond donors (Lipinski definition) is 0. The van der Waals surface area contributed by atoms with Crippen molar-refractivity contribution in [2.75, 3.05) is 13.1 Å². The summed E-state index contributed by atoms with van der Waals surface area (Å²) in [7, 11) is 0. The van der Waals surface area contributed by atoms with Crippen molar-refractivity contribution in [2.45, 2.75) is 29.6 Å². The third-order valence-electron chi connectivity index (χ3n) is 2.60. The Labute approximate surface area is 86.8 Å². The molecule has 68 valence electrons. The molecule has 1 atom stereocenters. The van der Waals surface area contributed by atoms with Crippen LogP contribution in [0.25, 0.3) is 0 Å². The average Bonchev–Trinajstić information content (AvgIpc) is 2.85. The van der Waals surface area contributed by atoms with Crippen LogP contribution in [0.2, 0.25) is 0 Å². The summed E-state index contributed by atoms with van der Waals surface area (Å²) in [5, 5.41) is 0. The van der Waals surface area contributed by atoms with Crippen LogP contribution in [0.4, 0.5) is 0 Å². The fraction of sp³-hybridized carbons (Fsp3) is 0.889. The van der Waals surface area contributed by atoms with Crippen LogP contribution >= 0.6 is 22.6 Å². The van der Waals surface area contributed by atoms with E-state index in [0.29, 0.717) is 15.7 Å². The number of alkyl halides is 1. The standard InChI is InChI=1S/C9H14INO/c10-8-2-1-5-11(6-8)9(12)7-3-4-7/h7-8H,1-6H2/t8-/m1/s1. The van der Waals surface area contributed by atoms with Crippen LogP contribution in [-0.4, -0.2) is 27.8 Å². The van der Waals surface area contributed by atoms with Crippen molar-refractivity contribution >= 4 is 28.5 Å². The van der Waals surface area contributed by atoms with E-state index in [2.05, 4.69) is 27.5 Å². The van der Waals surface area contributed by atoms with Gasteiger partial charge in [-0.1, -0.05) is 22.6 Å².